The molecule has 2 amide bonds. The highest BCUT2D eigenvalue weighted by atomic mass is 35.5. The van der Waals surface area contributed by atoms with Crippen molar-refractivity contribution in [1.29, 1.82) is 0 Å². The number of anilines is 1. The summed E-state index contributed by atoms with van der Waals surface area (Å²) in [7, 11) is 1.60. The van der Waals surface area contributed by atoms with Crippen LogP contribution < -0.4 is 15.0 Å². The van der Waals surface area contributed by atoms with Gasteiger partial charge < -0.3 is 19.9 Å². The molecular weight excluding hydrogens is 373 g/mol. The smallest absolute Gasteiger partial charge is 0.317 e. The number of nitrogens with one attached hydrogen (secondary N) is 1. The van der Waals surface area contributed by atoms with Crippen molar-refractivity contribution >= 4 is 34.9 Å². The minimum atomic E-state index is -0.0487. The van der Waals surface area contributed by atoms with Gasteiger partial charge in [0.1, 0.15) is 5.75 Å². The first-order valence-electron chi connectivity index (χ1n) is 8.42. The molecule has 0 unspecified atom stereocenters. The SMILES string of the molecule is COc1ccc(N2CCN(C(=O)NCc3ccc(Cl)cc3)CC2)cc1Cl. The van der Waals surface area contributed by atoms with Crippen LogP contribution in [0, 0.1) is 0 Å². The van der Waals surface area contributed by atoms with Crippen LogP contribution in [0.25, 0.3) is 0 Å². The normalized spacial score (nSPS) is 14.3. The molecule has 7 heteroatoms. The minimum absolute atomic E-state index is 0.0487. The number of carbonyl (C=O) groups excluding carboxylic acids is 1. The molecule has 1 aliphatic rings. The fraction of sp³-hybridized carbons (Fsp3) is 0.316. The Bertz CT molecular complexity index is 760. The number of benzene rings is 2. The monoisotopic (exact) mass is 393 g/mol. The summed E-state index contributed by atoms with van der Waals surface area (Å²) >= 11 is 12.1. The molecule has 1 saturated heterocycles. The van der Waals surface area contributed by atoms with Crippen LogP contribution in [0.1, 0.15) is 5.56 Å². The van der Waals surface area contributed by atoms with Gasteiger partial charge in [0.2, 0.25) is 0 Å². The van der Waals surface area contributed by atoms with Gasteiger partial charge in [0.15, 0.2) is 0 Å². The molecule has 1 heterocycles. The van der Waals surface area contributed by atoms with E-state index in [0.29, 0.717) is 35.4 Å². The highest BCUT2D eigenvalue weighted by Gasteiger charge is 2.21. The van der Waals surface area contributed by atoms with Gasteiger partial charge in [-0.2, -0.15) is 0 Å². The van der Waals surface area contributed by atoms with Gasteiger partial charge in [0.05, 0.1) is 12.1 Å². The van der Waals surface area contributed by atoms with Crippen molar-refractivity contribution in [2.75, 3.05) is 38.2 Å². The third kappa shape index (κ3) is 4.54. The summed E-state index contributed by atoms with van der Waals surface area (Å²) in [5, 5.41) is 4.24. The Kier molecular flexibility index (Phi) is 6.12. The number of urea groups is 1. The van der Waals surface area contributed by atoms with E-state index in [1.165, 1.54) is 0 Å². The van der Waals surface area contributed by atoms with Crippen molar-refractivity contribution in [3.63, 3.8) is 0 Å². The molecule has 26 heavy (non-hydrogen) atoms. The molecule has 138 valence electrons. The van der Waals surface area contributed by atoms with Gasteiger partial charge in [0.25, 0.3) is 0 Å². The Morgan fingerprint density at radius 1 is 1.08 bits per heavy atom. The lowest BCUT2D eigenvalue weighted by molar-refractivity contribution is 0.194. The topological polar surface area (TPSA) is 44.8 Å². The number of carbonyl (C=O) groups is 1. The van der Waals surface area contributed by atoms with Crippen molar-refractivity contribution < 1.29 is 9.53 Å². The summed E-state index contributed by atoms with van der Waals surface area (Å²) in [5.74, 6) is 0.663. The number of hydrogen-bond donors (Lipinski definition) is 1. The Labute approximate surface area is 163 Å². The number of hydrogen-bond acceptors (Lipinski definition) is 3. The van der Waals surface area contributed by atoms with Gasteiger partial charge in [-0.05, 0) is 35.9 Å². The number of methoxy groups -OCH3 is 1. The quantitative estimate of drug-likeness (QED) is 0.852. The van der Waals surface area contributed by atoms with Crippen LogP contribution in [-0.2, 0) is 6.54 Å². The molecule has 1 aliphatic heterocycles. The lowest BCUT2D eigenvalue weighted by atomic mass is 10.2. The first-order valence-corrected chi connectivity index (χ1v) is 9.18. The second-order valence-corrected chi connectivity index (χ2v) is 6.92. The summed E-state index contributed by atoms with van der Waals surface area (Å²) in [4.78, 5) is 16.4. The van der Waals surface area contributed by atoms with E-state index >= 15 is 0 Å². The standard InChI is InChI=1S/C19H21Cl2N3O2/c1-26-18-7-6-16(12-17(18)21)23-8-10-24(11-9-23)19(25)22-13-14-2-4-15(20)5-3-14/h2-7,12H,8-11,13H2,1H3,(H,22,25). The molecule has 0 saturated carbocycles. The first-order chi connectivity index (χ1) is 12.6. The molecule has 0 aromatic heterocycles. The number of piperazine rings is 1. The minimum Gasteiger partial charge on any atom is -0.495 e. The van der Waals surface area contributed by atoms with Crippen molar-refractivity contribution in [3.05, 3.63) is 58.1 Å². The van der Waals surface area contributed by atoms with Crippen molar-refractivity contribution in [3.8, 4) is 5.75 Å². The van der Waals surface area contributed by atoms with Crippen molar-refractivity contribution in [2.45, 2.75) is 6.54 Å². The summed E-state index contributed by atoms with van der Waals surface area (Å²) in [6.07, 6.45) is 0. The number of ether oxygens (including phenoxy) is 1. The Hall–Kier alpha value is -2.11. The molecule has 0 atom stereocenters. The number of nitrogens with zero attached hydrogens (tertiary/aromatic N) is 2. The van der Waals surface area contributed by atoms with Crippen LogP contribution in [-0.4, -0.2) is 44.2 Å². The molecule has 0 spiro atoms. The summed E-state index contributed by atoms with van der Waals surface area (Å²) < 4.78 is 5.19. The van der Waals surface area contributed by atoms with Gasteiger partial charge in [-0.1, -0.05) is 35.3 Å². The molecule has 2 aromatic carbocycles. The van der Waals surface area contributed by atoms with Crippen LogP contribution in [0.3, 0.4) is 0 Å². The molecule has 0 bridgehead atoms. The maximum Gasteiger partial charge on any atom is 0.317 e. The van der Waals surface area contributed by atoms with Gasteiger partial charge >= 0.3 is 6.03 Å². The number of amides is 2. The Morgan fingerprint density at radius 3 is 2.38 bits per heavy atom. The maximum absolute atomic E-state index is 12.4. The molecule has 1 fully saturated rings. The number of rotatable bonds is 4. The molecule has 2 aromatic rings. The molecular formula is C19H21Cl2N3O2. The van der Waals surface area contributed by atoms with Crippen LogP contribution in [0.2, 0.25) is 10.0 Å². The first kappa shape index (κ1) is 18.7. The van der Waals surface area contributed by atoms with E-state index in [1.54, 1.807) is 7.11 Å². The maximum atomic E-state index is 12.4. The Balaban J connectivity index is 1.50. The average molecular weight is 394 g/mol. The van der Waals surface area contributed by atoms with Gasteiger partial charge in [-0.15, -0.1) is 0 Å². The summed E-state index contributed by atoms with van der Waals surface area (Å²) in [5.41, 5.74) is 2.06. The van der Waals surface area contributed by atoms with Gasteiger partial charge in [0, 0.05) is 43.4 Å². The van der Waals surface area contributed by atoms with Crippen LogP contribution >= 0.6 is 23.2 Å². The van der Waals surface area contributed by atoms with E-state index in [-0.39, 0.29) is 6.03 Å². The van der Waals surface area contributed by atoms with Crippen molar-refractivity contribution in [1.82, 2.24) is 10.2 Å². The van der Waals surface area contributed by atoms with Crippen LogP contribution in [0.5, 0.6) is 5.75 Å². The zero-order valence-corrected chi connectivity index (χ0v) is 16.1. The van der Waals surface area contributed by atoms with Crippen LogP contribution in [0.15, 0.2) is 42.5 Å². The third-order valence-electron chi connectivity index (χ3n) is 4.42. The largest absolute Gasteiger partial charge is 0.495 e. The van der Waals surface area contributed by atoms with E-state index < -0.39 is 0 Å². The van der Waals surface area contributed by atoms with E-state index in [2.05, 4.69) is 10.2 Å². The predicted octanol–water partition coefficient (Wildman–Crippen LogP) is 4.03. The summed E-state index contributed by atoms with van der Waals surface area (Å²) in [6, 6.07) is 13.2. The lowest BCUT2D eigenvalue weighted by Gasteiger charge is -2.36. The van der Waals surface area contributed by atoms with E-state index in [0.717, 1.165) is 24.3 Å². The second-order valence-electron chi connectivity index (χ2n) is 6.08. The zero-order valence-electron chi connectivity index (χ0n) is 14.5. The molecule has 5 nitrogen and oxygen atoms in total. The molecule has 0 radical (unpaired) electrons. The molecule has 0 aliphatic carbocycles. The molecule has 1 N–H and O–H groups in total. The average Bonchev–Trinajstić information content (AvgIpc) is 2.67. The van der Waals surface area contributed by atoms with E-state index in [1.807, 2.05) is 47.4 Å². The van der Waals surface area contributed by atoms with Crippen LogP contribution in [0.4, 0.5) is 10.5 Å². The highest BCUT2D eigenvalue weighted by molar-refractivity contribution is 6.32. The summed E-state index contributed by atoms with van der Waals surface area (Å²) in [6.45, 7) is 3.34. The fourth-order valence-electron chi connectivity index (χ4n) is 2.91. The lowest BCUT2D eigenvalue weighted by Crippen LogP contribution is -2.51. The second kappa shape index (κ2) is 8.52. The third-order valence-corrected chi connectivity index (χ3v) is 4.97. The van der Waals surface area contributed by atoms with Gasteiger partial charge in [-0.3, -0.25) is 0 Å². The molecule has 3 rings (SSSR count). The Morgan fingerprint density at radius 2 is 1.77 bits per heavy atom. The van der Waals surface area contributed by atoms with E-state index in [9.17, 15) is 4.79 Å². The highest BCUT2D eigenvalue weighted by Crippen LogP contribution is 2.29. The fourth-order valence-corrected chi connectivity index (χ4v) is 3.29. The van der Waals surface area contributed by atoms with E-state index in [4.69, 9.17) is 27.9 Å². The van der Waals surface area contributed by atoms with Crippen molar-refractivity contribution in [2.24, 2.45) is 0 Å². The zero-order chi connectivity index (χ0) is 18.5. The van der Waals surface area contributed by atoms with Gasteiger partial charge in [-0.25, -0.2) is 4.79 Å². The number of halogens is 2. The predicted molar refractivity (Wildman–Crippen MR) is 105 cm³/mol.